The number of anilines is 1. The zero-order valence-corrected chi connectivity index (χ0v) is 7.94. The smallest absolute Gasteiger partial charge is 0.0685 e. The van der Waals surface area contributed by atoms with Gasteiger partial charge in [-0.2, -0.15) is 0 Å². The Balaban J connectivity index is 3.39. The zero-order chi connectivity index (χ0) is 9.30. The summed E-state index contributed by atoms with van der Waals surface area (Å²) < 4.78 is 0. The van der Waals surface area contributed by atoms with Crippen molar-refractivity contribution in [2.24, 2.45) is 0 Å². The van der Waals surface area contributed by atoms with Crippen molar-refractivity contribution in [3.05, 3.63) is 27.8 Å². The Labute approximate surface area is 77.0 Å². The Kier molecular flexibility index (Phi) is 2.60. The second kappa shape index (κ2) is 3.33. The van der Waals surface area contributed by atoms with Gasteiger partial charge < -0.3 is 10.8 Å². The molecule has 66 valence electrons. The van der Waals surface area contributed by atoms with Crippen molar-refractivity contribution in [2.45, 2.75) is 20.5 Å². The minimum Gasteiger partial charge on any atom is -0.398 e. The number of nitrogens with two attached hydrogens (primary N) is 1. The Morgan fingerprint density at radius 2 is 2.00 bits per heavy atom. The first-order valence-electron chi connectivity index (χ1n) is 3.72. The Morgan fingerprint density at radius 1 is 1.42 bits per heavy atom. The summed E-state index contributed by atoms with van der Waals surface area (Å²) in [6.07, 6.45) is 0. The minimum absolute atomic E-state index is 0.0178. The van der Waals surface area contributed by atoms with Crippen molar-refractivity contribution in [3.63, 3.8) is 0 Å². The second-order valence-corrected chi connectivity index (χ2v) is 3.25. The number of hydrogen-bond donors (Lipinski definition) is 2. The SMILES string of the molecule is Cc1c(Cl)cc(CO)c(C)c1N. The lowest BCUT2D eigenvalue weighted by molar-refractivity contribution is 0.281. The van der Waals surface area contributed by atoms with Gasteiger partial charge in [-0.15, -0.1) is 0 Å². The van der Waals surface area contributed by atoms with Crippen LogP contribution >= 0.6 is 11.6 Å². The van der Waals surface area contributed by atoms with E-state index >= 15 is 0 Å². The predicted molar refractivity (Wildman–Crippen MR) is 51.3 cm³/mol. The molecular formula is C9H12ClNO. The van der Waals surface area contributed by atoms with E-state index in [1.807, 2.05) is 13.8 Å². The molecule has 0 aliphatic rings. The van der Waals surface area contributed by atoms with E-state index in [-0.39, 0.29) is 6.61 Å². The molecule has 0 spiro atoms. The summed E-state index contributed by atoms with van der Waals surface area (Å²) in [5, 5.41) is 9.56. The molecule has 0 radical (unpaired) electrons. The highest BCUT2D eigenvalue weighted by atomic mass is 35.5. The number of benzene rings is 1. The van der Waals surface area contributed by atoms with Crippen LogP contribution < -0.4 is 5.73 Å². The molecule has 0 heterocycles. The van der Waals surface area contributed by atoms with Crippen LogP contribution in [0.4, 0.5) is 5.69 Å². The lowest BCUT2D eigenvalue weighted by atomic mass is 10.0. The van der Waals surface area contributed by atoms with Crippen LogP contribution in [0.3, 0.4) is 0 Å². The van der Waals surface area contributed by atoms with Crippen molar-refractivity contribution >= 4 is 17.3 Å². The van der Waals surface area contributed by atoms with Gasteiger partial charge in [0.1, 0.15) is 0 Å². The fourth-order valence-corrected chi connectivity index (χ4v) is 1.35. The Hall–Kier alpha value is -0.730. The van der Waals surface area contributed by atoms with E-state index in [9.17, 15) is 0 Å². The van der Waals surface area contributed by atoms with E-state index in [0.29, 0.717) is 10.7 Å². The number of aliphatic hydroxyl groups excluding tert-OH is 1. The van der Waals surface area contributed by atoms with E-state index in [1.54, 1.807) is 6.07 Å². The van der Waals surface area contributed by atoms with Gasteiger partial charge in [0.15, 0.2) is 0 Å². The average Bonchev–Trinajstić information content (AvgIpc) is 2.08. The quantitative estimate of drug-likeness (QED) is 0.658. The lowest BCUT2D eigenvalue weighted by Gasteiger charge is -2.10. The molecule has 0 aromatic heterocycles. The van der Waals surface area contributed by atoms with E-state index in [2.05, 4.69) is 0 Å². The molecule has 0 saturated heterocycles. The molecule has 1 aromatic rings. The third kappa shape index (κ3) is 1.40. The maximum absolute atomic E-state index is 8.94. The van der Waals surface area contributed by atoms with Gasteiger partial charge in [0.25, 0.3) is 0 Å². The summed E-state index contributed by atoms with van der Waals surface area (Å²) in [6, 6.07) is 1.75. The molecule has 0 bridgehead atoms. The molecule has 12 heavy (non-hydrogen) atoms. The molecule has 1 aromatic carbocycles. The largest absolute Gasteiger partial charge is 0.398 e. The maximum atomic E-state index is 8.94. The number of nitrogen functional groups attached to an aromatic ring is 1. The average molecular weight is 186 g/mol. The van der Waals surface area contributed by atoms with Crippen LogP contribution in [-0.2, 0) is 6.61 Å². The number of rotatable bonds is 1. The Bertz CT molecular complexity index is 310. The summed E-state index contributed by atoms with van der Waals surface area (Å²) in [5.74, 6) is 0. The molecule has 3 heteroatoms. The molecule has 0 saturated carbocycles. The summed E-state index contributed by atoms with van der Waals surface area (Å²) in [6.45, 7) is 3.73. The van der Waals surface area contributed by atoms with Gasteiger partial charge in [-0.05, 0) is 36.6 Å². The van der Waals surface area contributed by atoms with Gasteiger partial charge in [0.2, 0.25) is 0 Å². The molecule has 0 amide bonds. The van der Waals surface area contributed by atoms with Crippen LogP contribution in [0.1, 0.15) is 16.7 Å². The second-order valence-electron chi connectivity index (χ2n) is 2.84. The summed E-state index contributed by atoms with van der Waals surface area (Å²) >= 11 is 5.88. The van der Waals surface area contributed by atoms with E-state index in [4.69, 9.17) is 22.4 Å². The van der Waals surface area contributed by atoms with Crippen LogP contribution in [0, 0.1) is 13.8 Å². The molecular weight excluding hydrogens is 174 g/mol. The third-order valence-corrected chi connectivity index (χ3v) is 2.51. The van der Waals surface area contributed by atoms with Crippen LogP contribution in [0.5, 0.6) is 0 Å². The summed E-state index contributed by atoms with van der Waals surface area (Å²) in [7, 11) is 0. The first-order chi connectivity index (χ1) is 5.57. The van der Waals surface area contributed by atoms with Crippen molar-refractivity contribution in [2.75, 3.05) is 5.73 Å². The molecule has 0 aliphatic heterocycles. The van der Waals surface area contributed by atoms with Crippen molar-refractivity contribution in [1.82, 2.24) is 0 Å². The highest BCUT2D eigenvalue weighted by molar-refractivity contribution is 6.31. The van der Waals surface area contributed by atoms with Crippen LogP contribution in [0.25, 0.3) is 0 Å². The van der Waals surface area contributed by atoms with Gasteiger partial charge in [0.05, 0.1) is 6.61 Å². The van der Waals surface area contributed by atoms with Crippen LogP contribution in [-0.4, -0.2) is 5.11 Å². The van der Waals surface area contributed by atoms with Crippen LogP contribution in [0.2, 0.25) is 5.02 Å². The highest BCUT2D eigenvalue weighted by Crippen LogP contribution is 2.27. The van der Waals surface area contributed by atoms with E-state index in [0.717, 1.165) is 16.7 Å². The third-order valence-electron chi connectivity index (χ3n) is 2.12. The normalized spacial score (nSPS) is 10.3. The van der Waals surface area contributed by atoms with Gasteiger partial charge in [-0.3, -0.25) is 0 Å². The standard InChI is InChI=1S/C9H12ClNO/c1-5-7(4-12)3-8(10)6(2)9(5)11/h3,12H,4,11H2,1-2H3. The number of hydrogen-bond acceptors (Lipinski definition) is 2. The van der Waals surface area contributed by atoms with Gasteiger partial charge in [-0.1, -0.05) is 11.6 Å². The Morgan fingerprint density at radius 3 is 2.50 bits per heavy atom. The zero-order valence-electron chi connectivity index (χ0n) is 7.19. The first-order valence-corrected chi connectivity index (χ1v) is 4.10. The predicted octanol–water partition coefficient (Wildman–Crippen LogP) is 2.03. The van der Waals surface area contributed by atoms with E-state index < -0.39 is 0 Å². The highest BCUT2D eigenvalue weighted by Gasteiger charge is 2.07. The molecule has 1 rings (SSSR count). The fourth-order valence-electron chi connectivity index (χ4n) is 1.12. The van der Waals surface area contributed by atoms with Gasteiger partial charge in [-0.25, -0.2) is 0 Å². The van der Waals surface area contributed by atoms with Crippen molar-refractivity contribution in [3.8, 4) is 0 Å². The monoisotopic (exact) mass is 185 g/mol. The maximum Gasteiger partial charge on any atom is 0.0685 e. The molecule has 0 atom stereocenters. The molecule has 0 aliphatic carbocycles. The number of halogens is 1. The molecule has 0 fully saturated rings. The number of aliphatic hydroxyl groups is 1. The first kappa shape index (κ1) is 9.36. The van der Waals surface area contributed by atoms with Gasteiger partial charge >= 0.3 is 0 Å². The summed E-state index contributed by atoms with van der Waals surface area (Å²) in [5.41, 5.74) is 9.03. The fraction of sp³-hybridized carbons (Fsp3) is 0.333. The summed E-state index contributed by atoms with van der Waals surface area (Å²) in [4.78, 5) is 0. The lowest BCUT2D eigenvalue weighted by Crippen LogP contribution is -1.99. The molecule has 3 N–H and O–H groups in total. The molecule has 2 nitrogen and oxygen atoms in total. The van der Waals surface area contributed by atoms with Crippen LogP contribution in [0.15, 0.2) is 6.07 Å². The van der Waals surface area contributed by atoms with Gasteiger partial charge in [0, 0.05) is 10.7 Å². The van der Waals surface area contributed by atoms with Crippen molar-refractivity contribution < 1.29 is 5.11 Å². The molecule has 0 unspecified atom stereocenters. The minimum atomic E-state index is -0.0178. The van der Waals surface area contributed by atoms with Crippen molar-refractivity contribution in [1.29, 1.82) is 0 Å². The van der Waals surface area contributed by atoms with E-state index in [1.165, 1.54) is 0 Å². The topological polar surface area (TPSA) is 46.2 Å².